The van der Waals surface area contributed by atoms with E-state index in [1.54, 1.807) is 12.1 Å². The van der Waals surface area contributed by atoms with E-state index in [-0.39, 0.29) is 5.56 Å². The van der Waals surface area contributed by atoms with Crippen LogP contribution >= 0.6 is 11.3 Å². The molecule has 3 aromatic rings. The first-order valence-corrected chi connectivity index (χ1v) is 10.6. The van der Waals surface area contributed by atoms with E-state index in [4.69, 9.17) is 9.47 Å². The molecule has 3 rings (SSSR count). The zero-order valence-electron chi connectivity index (χ0n) is 18.2. The monoisotopic (exact) mass is 467 g/mol. The average Bonchev–Trinajstić information content (AvgIpc) is 3.17. The maximum atomic E-state index is 13.3. The molecular formula is C22H24F3N3O3S. The third-order valence-corrected chi connectivity index (χ3v) is 5.82. The van der Waals surface area contributed by atoms with Crippen molar-refractivity contribution in [2.75, 3.05) is 46.3 Å². The molecular weight excluding hydrogens is 443 g/mol. The first-order chi connectivity index (χ1) is 15.1. The number of hydrogen-bond donors (Lipinski definition) is 0. The Labute approximate surface area is 188 Å². The van der Waals surface area contributed by atoms with Gasteiger partial charge in [-0.05, 0) is 45.3 Å². The van der Waals surface area contributed by atoms with Gasteiger partial charge in [-0.3, -0.25) is 9.69 Å². The Morgan fingerprint density at radius 1 is 1.06 bits per heavy atom. The van der Waals surface area contributed by atoms with Crippen molar-refractivity contribution in [3.05, 3.63) is 47.5 Å². The van der Waals surface area contributed by atoms with E-state index in [1.807, 2.05) is 19.0 Å². The summed E-state index contributed by atoms with van der Waals surface area (Å²) in [5, 5.41) is 0.400. The van der Waals surface area contributed by atoms with Crippen molar-refractivity contribution < 1.29 is 27.4 Å². The van der Waals surface area contributed by atoms with Crippen molar-refractivity contribution in [1.82, 2.24) is 9.88 Å². The third kappa shape index (κ3) is 5.31. The minimum atomic E-state index is -4.53. The highest BCUT2D eigenvalue weighted by Crippen LogP contribution is 2.38. The average molecular weight is 468 g/mol. The van der Waals surface area contributed by atoms with E-state index < -0.39 is 17.6 Å². The van der Waals surface area contributed by atoms with Gasteiger partial charge in [0.15, 0.2) is 16.6 Å². The largest absolute Gasteiger partial charge is 0.493 e. The van der Waals surface area contributed by atoms with Crippen LogP contribution in [0.25, 0.3) is 10.2 Å². The van der Waals surface area contributed by atoms with Gasteiger partial charge in [0.2, 0.25) is 0 Å². The number of thiazole rings is 1. The van der Waals surface area contributed by atoms with E-state index in [2.05, 4.69) is 4.98 Å². The fourth-order valence-corrected chi connectivity index (χ4v) is 4.17. The van der Waals surface area contributed by atoms with Crippen LogP contribution in [0.3, 0.4) is 0 Å². The lowest BCUT2D eigenvalue weighted by Crippen LogP contribution is -2.33. The number of halogens is 3. The molecule has 0 saturated carbocycles. The Kier molecular flexibility index (Phi) is 7.25. The second-order valence-corrected chi connectivity index (χ2v) is 8.37. The highest BCUT2D eigenvalue weighted by atomic mass is 32.1. The number of hydrogen-bond acceptors (Lipinski definition) is 6. The molecule has 0 radical (unpaired) electrons. The fraction of sp³-hybridized carbons (Fsp3) is 0.364. The van der Waals surface area contributed by atoms with Crippen molar-refractivity contribution in [2.45, 2.75) is 12.6 Å². The summed E-state index contributed by atoms with van der Waals surface area (Å²) in [5.74, 6) is 0.492. The van der Waals surface area contributed by atoms with Gasteiger partial charge in [-0.2, -0.15) is 13.2 Å². The molecule has 1 amide bonds. The highest BCUT2D eigenvalue weighted by molar-refractivity contribution is 7.22. The van der Waals surface area contributed by atoms with E-state index in [9.17, 15) is 18.0 Å². The lowest BCUT2D eigenvalue weighted by molar-refractivity contribution is -0.137. The van der Waals surface area contributed by atoms with Crippen LogP contribution in [0.2, 0.25) is 0 Å². The van der Waals surface area contributed by atoms with E-state index in [1.165, 1.54) is 42.6 Å². The lowest BCUT2D eigenvalue weighted by atomic mass is 10.1. The van der Waals surface area contributed by atoms with Crippen LogP contribution in [0.15, 0.2) is 36.4 Å². The summed E-state index contributed by atoms with van der Waals surface area (Å²) in [6.07, 6.45) is -3.91. The topological polar surface area (TPSA) is 54.9 Å². The second kappa shape index (κ2) is 9.74. The van der Waals surface area contributed by atoms with Crippen molar-refractivity contribution in [3.63, 3.8) is 0 Å². The van der Waals surface area contributed by atoms with Gasteiger partial charge in [0.25, 0.3) is 5.91 Å². The molecule has 1 heterocycles. The number of benzene rings is 2. The molecule has 0 aliphatic rings. The molecule has 0 spiro atoms. The molecule has 0 N–H and O–H groups in total. The zero-order valence-corrected chi connectivity index (χ0v) is 19.0. The minimum Gasteiger partial charge on any atom is -0.493 e. The van der Waals surface area contributed by atoms with Crippen molar-refractivity contribution in [3.8, 4) is 11.5 Å². The molecule has 0 aliphatic carbocycles. The van der Waals surface area contributed by atoms with Crippen molar-refractivity contribution in [1.29, 1.82) is 0 Å². The Balaban J connectivity index is 2.01. The Morgan fingerprint density at radius 2 is 1.75 bits per heavy atom. The number of nitrogens with zero attached hydrogens (tertiary/aromatic N) is 3. The fourth-order valence-electron chi connectivity index (χ4n) is 3.17. The number of carbonyl (C=O) groups is 1. The van der Waals surface area contributed by atoms with Crippen molar-refractivity contribution >= 4 is 32.6 Å². The molecule has 2 aromatic carbocycles. The number of anilines is 1. The van der Waals surface area contributed by atoms with Crippen LogP contribution in [0, 0.1) is 0 Å². The standard InChI is InChI=1S/C22H24F3N3O3S/c1-27(2)9-6-10-28(20(29)14-7-5-8-15(11-14)22(23,24)25)21-26-16-12-17(30-3)18(31-4)13-19(16)32-21/h5,7-8,11-13H,6,9-10H2,1-4H3. The zero-order chi connectivity index (χ0) is 23.5. The number of rotatable bonds is 8. The van der Waals surface area contributed by atoms with Gasteiger partial charge < -0.3 is 14.4 Å². The summed E-state index contributed by atoms with van der Waals surface area (Å²) in [6, 6.07) is 7.92. The number of aromatic nitrogens is 1. The van der Waals surface area contributed by atoms with E-state index >= 15 is 0 Å². The molecule has 6 nitrogen and oxygen atoms in total. The van der Waals surface area contributed by atoms with Crippen LogP contribution < -0.4 is 14.4 Å². The van der Waals surface area contributed by atoms with Gasteiger partial charge in [0, 0.05) is 24.2 Å². The van der Waals surface area contributed by atoms with Crippen molar-refractivity contribution in [2.24, 2.45) is 0 Å². The van der Waals surface area contributed by atoms with Gasteiger partial charge in [-0.25, -0.2) is 4.98 Å². The first-order valence-electron chi connectivity index (χ1n) is 9.80. The molecule has 10 heteroatoms. The SMILES string of the molecule is COc1cc2nc(N(CCCN(C)C)C(=O)c3cccc(C(F)(F)F)c3)sc2cc1OC. The molecule has 0 atom stereocenters. The Hall–Kier alpha value is -2.85. The summed E-state index contributed by atoms with van der Waals surface area (Å²) in [6.45, 7) is 1.01. The Morgan fingerprint density at radius 3 is 2.38 bits per heavy atom. The maximum Gasteiger partial charge on any atom is 0.416 e. The molecule has 0 aliphatic heterocycles. The smallest absolute Gasteiger partial charge is 0.416 e. The summed E-state index contributed by atoms with van der Waals surface area (Å²) in [7, 11) is 6.86. The van der Waals surface area contributed by atoms with Gasteiger partial charge >= 0.3 is 6.18 Å². The predicted molar refractivity (Wildman–Crippen MR) is 119 cm³/mol. The lowest BCUT2D eigenvalue weighted by Gasteiger charge is -2.21. The molecule has 1 aromatic heterocycles. The molecule has 0 saturated heterocycles. The highest BCUT2D eigenvalue weighted by Gasteiger charge is 2.32. The summed E-state index contributed by atoms with van der Waals surface area (Å²) in [4.78, 5) is 21.3. The Bertz CT molecular complexity index is 1060. The van der Waals surface area contributed by atoms with Crippen LogP contribution in [-0.2, 0) is 6.18 Å². The number of fused-ring (bicyclic) bond motifs is 1. The number of methoxy groups -OCH3 is 2. The van der Waals surface area contributed by atoms with Crippen LogP contribution in [0.4, 0.5) is 18.3 Å². The number of amides is 1. The summed E-state index contributed by atoms with van der Waals surface area (Å²) < 4.78 is 50.9. The molecule has 0 bridgehead atoms. The quantitative estimate of drug-likeness (QED) is 0.470. The number of alkyl halides is 3. The molecule has 172 valence electrons. The van der Waals surface area contributed by atoms with Crippen LogP contribution in [0.1, 0.15) is 22.3 Å². The number of ether oxygens (including phenoxy) is 2. The minimum absolute atomic E-state index is 0.0425. The number of carbonyl (C=O) groups excluding carboxylic acids is 1. The summed E-state index contributed by atoms with van der Waals surface area (Å²) >= 11 is 1.27. The van der Waals surface area contributed by atoms with E-state index in [0.717, 1.165) is 16.8 Å². The normalized spacial score (nSPS) is 11.8. The van der Waals surface area contributed by atoms with Gasteiger partial charge in [0.05, 0.1) is 30.0 Å². The van der Waals surface area contributed by atoms with Crippen LogP contribution in [-0.4, -0.2) is 57.2 Å². The van der Waals surface area contributed by atoms with Crippen LogP contribution in [0.5, 0.6) is 11.5 Å². The molecule has 32 heavy (non-hydrogen) atoms. The molecule has 0 fully saturated rings. The maximum absolute atomic E-state index is 13.3. The van der Waals surface area contributed by atoms with Gasteiger partial charge in [-0.1, -0.05) is 17.4 Å². The van der Waals surface area contributed by atoms with Gasteiger partial charge in [0.1, 0.15) is 0 Å². The predicted octanol–water partition coefficient (Wildman–Crippen LogP) is 4.93. The second-order valence-electron chi connectivity index (χ2n) is 7.36. The molecule has 0 unspecified atom stereocenters. The first kappa shape index (κ1) is 23.8. The van der Waals surface area contributed by atoms with E-state index in [0.29, 0.717) is 41.7 Å². The van der Waals surface area contributed by atoms with Gasteiger partial charge in [-0.15, -0.1) is 0 Å². The summed E-state index contributed by atoms with van der Waals surface area (Å²) in [5.41, 5.74) is -0.299. The third-order valence-electron chi connectivity index (χ3n) is 4.78.